The molecule has 1 aliphatic heterocycles. The molecule has 5 atom stereocenters. The van der Waals surface area contributed by atoms with E-state index in [1.807, 2.05) is 41.5 Å². The van der Waals surface area contributed by atoms with E-state index < -0.39 is 0 Å². The van der Waals surface area contributed by atoms with Gasteiger partial charge in [-0.05, 0) is 43.9 Å². The zero-order chi connectivity index (χ0) is 18.0. The van der Waals surface area contributed by atoms with E-state index in [4.69, 9.17) is 4.74 Å². The van der Waals surface area contributed by atoms with E-state index in [1.165, 1.54) is 25.7 Å². The minimum atomic E-state index is 0.140. The van der Waals surface area contributed by atoms with Gasteiger partial charge < -0.3 is 4.74 Å². The first-order valence-corrected chi connectivity index (χ1v) is 10.2. The van der Waals surface area contributed by atoms with Gasteiger partial charge in [0, 0.05) is 12.3 Å². The van der Waals surface area contributed by atoms with Gasteiger partial charge in [-0.3, -0.25) is 4.79 Å². The predicted molar refractivity (Wildman–Crippen MR) is 101 cm³/mol. The van der Waals surface area contributed by atoms with Crippen LogP contribution in [0.3, 0.4) is 0 Å². The van der Waals surface area contributed by atoms with Gasteiger partial charge in [-0.2, -0.15) is 0 Å². The first kappa shape index (κ1) is 22.6. The lowest BCUT2D eigenvalue weighted by molar-refractivity contribution is -0.128. The third kappa shape index (κ3) is 6.95. The first-order valence-electron chi connectivity index (χ1n) is 10.2. The van der Waals surface area contributed by atoms with E-state index in [0.29, 0.717) is 24.2 Å². The van der Waals surface area contributed by atoms with E-state index in [9.17, 15) is 4.79 Å². The topological polar surface area (TPSA) is 26.3 Å². The standard InChI is InChI=1S/C17H30O2.2C2H6/c1-11(2)16(18)10-17-15-7-5-6-12(3)14(15)9-8-13(4)19-17;2*1-2/h11-15,17H,5-10H2,1-4H3;2*1-2H3. The fourth-order valence-corrected chi connectivity index (χ4v) is 4.01. The summed E-state index contributed by atoms with van der Waals surface area (Å²) in [5.74, 6) is 2.72. The summed E-state index contributed by atoms with van der Waals surface area (Å²) in [6.07, 6.45) is 7.53. The van der Waals surface area contributed by atoms with E-state index in [-0.39, 0.29) is 12.0 Å². The number of ether oxygens (including phenoxy) is 1. The van der Waals surface area contributed by atoms with Crippen molar-refractivity contribution in [3.05, 3.63) is 0 Å². The second kappa shape index (κ2) is 12.1. The van der Waals surface area contributed by atoms with Gasteiger partial charge in [-0.1, -0.05) is 61.3 Å². The maximum absolute atomic E-state index is 12.1. The Morgan fingerprint density at radius 1 is 0.957 bits per heavy atom. The monoisotopic (exact) mass is 326 g/mol. The lowest BCUT2D eigenvalue weighted by Crippen LogP contribution is -2.37. The van der Waals surface area contributed by atoms with E-state index >= 15 is 0 Å². The Kier molecular flexibility index (Phi) is 11.9. The second-order valence-corrected chi connectivity index (χ2v) is 7.12. The molecule has 0 bridgehead atoms. The normalized spacial score (nSPS) is 33.3. The van der Waals surface area contributed by atoms with Gasteiger partial charge in [0.25, 0.3) is 0 Å². The van der Waals surface area contributed by atoms with Crippen molar-refractivity contribution in [2.45, 2.75) is 106 Å². The summed E-state index contributed by atoms with van der Waals surface area (Å²) >= 11 is 0. The van der Waals surface area contributed by atoms with Crippen molar-refractivity contribution in [3.63, 3.8) is 0 Å². The molecule has 0 spiro atoms. The maximum Gasteiger partial charge on any atom is 0.138 e. The van der Waals surface area contributed by atoms with Crippen LogP contribution in [0.4, 0.5) is 0 Å². The van der Waals surface area contributed by atoms with Crippen molar-refractivity contribution in [1.29, 1.82) is 0 Å². The van der Waals surface area contributed by atoms with Crippen LogP contribution in [-0.2, 0) is 9.53 Å². The predicted octanol–water partition coefficient (Wildman–Crippen LogP) is 6.27. The molecule has 2 nitrogen and oxygen atoms in total. The van der Waals surface area contributed by atoms with Gasteiger partial charge in [-0.15, -0.1) is 0 Å². The van der Waals surface area contributed by atoms with Crippen molar-refractivity contribution in [1.82, 2.24) is 0 Å². The number of ketones is 1. The minimum absolute atomic E-state index is 0.140. The Hall–Kier alpha value is -0.370. The summed E-state index contributed by atoms with van der Waals surface area (Å²) in [5, 5.41) is 0. The van der Waals surface area contributed by atoms with Crippen LogP contribution in [0.5, 0.6) is 0 Å². The molecule has 0 N–H and O–H groups in total. The summed E-state index contributed by atoms with van der Waals surface area (Å²) in [4.78, 5) is 12.1. The van der Waals surface area contributed by atoms with E-state index in [0.717, 1.165) is 18.3 Å². The highest BCUT2D eigenvalue weighted by atomic mass is 16.5. The molecule has 1 saturated heterocycles. The molecule has 5 unspecified atom stereocenters. The average Bonchev–Trinajstić information content (AvgIpc) is 2.71. The van der Waals surface area contributed by atoms with Crippen molar-refractivity contribution in [2.24, 2.45) is 23.7 Å². The molecule has 0 aromatic carbocycles. The molecule has 2 rings (SSSR count). The number of Topliss-reactive ketones (excluding diaryl/α,β-unsaturated/α-hetero) is 1. The Bertz CT molecular complexity index is 311. The van der Waals surface area contributed by atoms with E-state index in [1.54, 1.807) is 0 Å². The molecule has 0 aromatic heterocycles. The summed E-state index contributed by atoms with van der Waals surface area (Å²) in [6, 6.07) is 0. The fraction of sp³-hybridized carbons (Fsp3) is 0.952. The molecule has 138 valence electrons. The van der Waals surface area contributed by atoms with Crippen molar-refractivity contribution in [3.8, 4) is 0 Å². The van der Waals surface area contributed by atoms with Crippen molar-refractivity contribution >= 4 is 5.78 Å². The zero-order valence-electron chi connectivity index (χ0n) is 17.0. The quantitative estimate of drug-likeness (QED) is 0.610. The molecule has 2 aliphatic rings. The van der Waals surface area contributed by atoms with Crippen LogP contribution in [0.2, 0.25) is 0 Å². The Balaban J connectivity index is 0.00000112. The zero-order valence-corrected chi connectivity index (χ0v) is 17.0. The number of hydrogen-bond donors (Lipinski definition) is 0. The van der Waals surface area contributed by atoms with Crippen molar-refractivity contribution in [2.75, 3.05) is 0 Å². The second-order valence-electron chi connectivity index (χ2n) is 7.12. The highest BCUT2D eigenvalue weighted by molar-refractivity contribution is 5.80. The molecule has 1 aliphatic carbocycles. The molecular formula is C21H42O2. The molecule has 0 aromatic rings. The molecule has 2 fully saturated rings. The van der Waals surface area contributed by atoms with Crippen LogP contribution in [0, 0.1) is 23.7 Å². The van der Waals surface area contributed by atoms with Gasteiger partial charge in [0.1, 0.15) is 5.78 Å². The molecule has 1 heterocycles. The highest BCUT2D eigenvalue weighted by Crippen LogP contribution is 2.43. The largest absolute Gasteiger partial charge is 0.375 e. The van der Waals surface area contributed by atoms with Crippen LogP contribution in [-0.4, -0.2) is 18.0 Å². The Labute approximate surface area is 145 Å². The van der Waals surface area contributed by atoms with Gasteiger partial charge >= 0.3 is 0 Å². The highest BCUT2D eigenvalue weighted by Gasteiger charge is 2.39. The molecule has 0 amide bonds. The van der Waals surface area contributed by atoms with Gasteiger partial charge in [-0.25, -0.2) is 0 Å². The number of rotatable bonds is 3. The van der Waals surface area contributed by atoms with Crippen LogP contribution in [0.1, 0.15) is 93.9 Å². The van der Waals surface area contributed by atoms with Crippen LogP contribution >= 0.6 is 0 Å². The SMILES string of the molecule is CC.CC.CC1CCC2C(C)CCCC2C(CC(=O)C(C)C)O1. The smallest absolute Gasteiger partial charge is 0.138 e. The number of hydrogen-bond acceptors (Lipinski definition) is 2. The lowest BCUT2D eigenvalue weighted by atomic mass is 9.68. The van der Waals surface area contributed by atoms with Crippen LogP contribution < -0.4 is 0 Å². The lowest BCUT2D eigenvalue weighted by Gasteiger charge is -2.39. The Morgan fingerprint density at radius 2 is 1.57 bits per heavy atom. The summed E-state index contributed by atoms with van der Waals surface area (Å²) in [7, 11) is 0. The van der Waals surface area contributed by atoms with Gasteiger partial charge in [0.2, 0.25) is 0 Å². The third-order valence-electron chi connectivity index (χ3n) is 5.32. The first-order chi connectivity index (χ1) is 11.0. The fourth-order valence-electron chi connectivity index (χ4n) is 4.01. The summed E-state index contributed by atoms with van der Waals surface area (Å²) < 4.78 is 6.23. The summed E-state index contributed by atoms with van der Waals surface area (Å²) in [6.45, 7) is 16.6. The molecule has 2 heteroatoms. The van der Waals surface area contributed by atoms with E-state index in [2.05, 4.69) is 13.8 Å². The number of fused-ring (bicyclic) bond motifs is 1. The molecule has 1 saturated carbocycles. The average molecular weight is 327 g/mol. The maximum atomic E-state index is 12.1. The summed E-state index contributed by atoms with van der Waals surface area (Å²) in [5.41, 5.74) is 0. The molecular weight excluding hydrogens is 284 g/mol. The third-order valence-corrected chi connectivity index (χ3v) is 5.32. The van der Waals surface area contributed by atoms with Crippen molar-refractivity contribution < 1.29 is 9.53 Å². The van der Waals surface area contributed by atoms with Gasteiger partial charge in [0.05, 0.1) is 12.2 Å². The minimum Gasteiger partial charge on any atom is -0.375 e. The van der Waals surface area contributed by atoms with Crippen LogP contribution in [0.25, 0.3) is 0 Å². The molecule has 23 heavy (non-hydrogen) atoms. The molecule has 0 radical (unpaired) electrons. The van der Waals surface area contributed by atoms with Crippen LogP contribution in [0.15, 0.2) is 0 Å². The number of carbonyl (C=O) groups excluding carboxylic acids is 1. The van der Waals surface area contributed by atoms with Gasteiger partial charge in [0.15, 0.2) is 0 Å². The Morgan fingerprint density at radius 3 is 2.13 bits per heavy atom. The number of carbonyl (C=O) groups is 1.